The summed E-state index contributed by atoms with van der Waals surface area (Å²) in [6, 6.07) is 10.1. The van der Waals surface area contributed by atoms with Gasteiger partial charge >= 0.3 is 0 Å². The molecule has 0 aliphatic carbocycles. The Hall–Kier alpha value is -3.26. The zero-order chi connectivity index (χ0) is 20.7. The van der Waals surface area contributed by atoms with Gasteiger partial charge in [-0.15, -0.1) is 0 Å². The molecule has 3 N–H and O–H groups in total. The third-order valence-corrected chi connectivity index (χ3v) is 4.09. The summed E-state index contributed by atoms with van der Waals surface area (Å²) in [5.74, 6) is 0.948. The number of carbonyl (C=O) groups excluding carboxylic acids is 2. The van der Waals surface area contributed by atoms with E-state index in [1.54, 1.807) is 51.7 Å². The second-order valence-electron chi connectivity index (χ2n) is 6.16. The number of amides is 2. The molecule has 8 heteroatoms. The summed E-state index contributed by atoms with van der Waals surface area (Å²) >= 11 is 0. The van der Waals surface area contributed by atoms with E-state index in [0.717, 1.165) is 5.56 Å². The summed E-state index contributed by atoms with van der Waals surface area (Å²) in [5, 5.41) is 2.79. The van der Waals surface area contributed by atoms with Crippen molar-refractivity contribution in [3.05, 3.63) is 47.5 Å². The lowest BCUT2D eigenvalue weighted by Crippen LogP contribution is -2.30. The highest BCUT2D eigenvalue weighted by molar-refractivity contribution is 5.95. The largest absolute Gasteiger partial charge is 0.493 e. The lowest BCUT2D eigenvalue weighted by Gasteiger charge is -2.20. The Morgan fingerprint density at radius 2 is 1.61 bits per heavy atom. The van der Waals surface area contributed by atoms with Crippen LogP contribution >= 0.6 is 0 Å². The van der Waals surface area contributed by atoms with Crippen molar-refractivity contribution in [1.29, 1.82) is 0 Å². The monoisotopic (exact) mass is 387 g/mol. The molecule has 2 rings (SSSR count). The minimum absolute atomic E-state index is 0.162. The van der Waals surface area contributed by atoms with Gasteiger partial charge in [-0.25, -0.2) is 0 Å². The van der Waals surface area contributed by atoms with E-state index in [-0.39, 0.29) is 12.5 Å². The molecule has 0 saturated carbocycles. The predicted molar refractivity (Wildman–Crippen MR) is 106 cm³/mol. The molecule has 2 aromatic rings. The molecule has 28 heavy (non-hydrogen) atoms. The Balaban J connectivity index is 2.02. The first-order valence-electron chi connectivity index (χ1n) is 8.55. The van der Waals surface area contributed by atoms with Crippen molar-refractivity contribution in [1.82, 2.24) is 4.90 Å². The Labute approximate surface area is 164 Å². The van der Waals surface area contributed by atoms with Gasteiger partial charge in [-0.1, -0.05) is 6.07 Å². The van der Waals surface area contributed by atoms with Gasteiger partial charge in [0, 0.05) is 23.4 Å². The molecule has 0 spiro atoms. The summed E-state index contributed by atoms with van der Waals surface area (Å²) < 4.78 is 16.1. The molecule has 0 heterocycles. The van der Waals surface area contributed by atoms with Crippen LogP contribution in [0.5, 0.6) is 17.2 Å². The number of anilines is 1. The molecule has 0 fully saturated rings. The summed E-state index contributed by atoms with van der Waals surface area (Å²) in [7, 11) is 6.49. The molecule has 0 aromatic heterocycles. The lowest BCUT2D eigenvalue weighted by atomic mass is 10.1. The first-order chi connectivity index (χ1) is 13.4. The zero-order valence-corrected chi connectivity index (χ0v) is 16.4. The van der Waals surface area contributed by atoms with E-state index in [1.807, 2.05) is 18.0 Å². The SMILES string of the molecule is COc1ccc(CN(C)CC(=O)Nc2ccc(C(N)=O)cc2)c(OC)c1OC. The molecule has 0 bridgehead atoms. The molecule has 0 aliphatic heterocycles. The summed E-state index contributed by atoms with van der Waals surface area (Å²) in [4.78, 5) is 25.2. The maximum Gasteiger partial charge on any atom is 0.248 e. The van der Waals surface area contributed by atoms with Crippen molar-refractivity contribution in [2.75, 3.05) is 40.2 Å². The Morgan fingerprint density at radius 3 is 2.14 bits per heavy atom. The number of hydrogen-bond acceptors (Lipinski definition) is 6. The Morgan fingerprint density at radius 1 is 0.964 bits per heavy atom. The number of rotatable bonds is 9. The fourth-order valence-corrected chi connectivity index (χ4v) is 2.80. The molecule has 0 radical (unpaired) electrons. The number of methoxy groups -OCH3 is 3. The average molecular weight is 387 g/mol. The van der Waals surface area contributed by atoms with Crippen LogP contribution in [0.15, 0.2) is 36.4 Å². The van der Waals surface area contributed by atoms with Crippen molar-refractivity contribution in [2.24, 2.45) is 5.73 Å². The van der Waals surface area contributed by atoms with Crippen LogP contribution in [0, 0.1) is 0 Å². The van der Waals surface area contributed by atoms with Crippen LogP contribution in [0.3, 0.4) is 0 Å². The van der Waals surface area contributed by atoms with Gasteiger partial charge in [0.25, 0.3) is 0 Å². The van der Waals surface area contributed by atoms with Crippen LogP contribution in [0.1, 0.15) is 15.9 Å². The number of benzene rings is 2. The lowest BCUT2D eigenvalue weighted by molar-refractivity contribution is -0.117. The fraction of sp³-hybridized carbons (Fsp3) is 0.300. The van der Waals surface area contributed by atoms with Crippen molar-refractivity contribution in [3.8, 4) is 17.2 Å². The molecule has 0 aliphatic rings. The molecule has 0 saturated heterocycles. The number of nitrogens with zero attached hydrogens (tertiary/aromatic N) is 1. The first-order valence-corrected chi connectivity index (χ1v) is 8.55. The fourth-order valence-electron chi connectivity index (χ4n) is 2.80. The van der Waals surface area contributed by atoms with Gasteiger partial charge in [-0.2, -0.15) is 0 Å². The standard InChI is InChI=1S/C20H25N3O5/c1-23(11-14-7-10-16(26-2)19(28-4)18(14)27-3)12-17(24)22-15-8-5-13(6-9-15)20(21)25/h5-10H,11-12H2,1-4H3,(H2,21,25)(H,22,24). The second kappa shape index (κ2) is 9.61. The minimum Gasteiger partial charge on any atom is -0.493 e. The van der Waals surface area contributed by atoms with Crippen molar-refractivity contribution in [2.45, 2.75) is 6.54 Å². The molecule has 150 valence electrons. The van der Waals surface area contributed by atoms with Gasteiger partial charge < -0.3 is 25.3 Å². The van der Waals surface area contributed by atoms with E-state index in [9.17, 15) is 9.59 Å². The maximum absolute atomic E-state index is 12.3. The molecule has 2 aromatic carbocycles. The number of primary amides is 1. The van der Waals surface area contributed by atoms with Crippen molar-refractivity contribution in [3.63, 3.8) is 0 Å². The highest BCUT2D eigenvalue weighted by Crippen LogP contribution is 2.40. The second-order valence-corrected chi connectivity index (χ2v) is 6.16. The highest BCUT2D eigenvalue weighted by Gasteiger charge is 2.17. The number of hydrogen-bond donors (Lipinski definition) is 2. The Bertz CT molecular complexity index is 836. The van der Waals surface area contributed by atoms with Gasteiger partial charge in [-0.05, 0) is 37.4 Å². The van der Waals surface area contributed by atoms with Crippen LogP contribution < -0.4 is 25.3 Å². The molecule has 2 amide bonds. The maximum atomic E-state index is 12.3. The number of nitrogens with two attached hydrogens (primary N) is 1. The Kier molecular flexibility index (Phi) is 7.22. The molecule has 0 atom stereocenters. The third kappa shape index (κ3) is 5.14. The summed E-state index contributed by atoms with van der Waals surface area (Å²) in [6.07, 6.45) is 0. The number of carbonyl (C=O) groups is 2. The van der Waals surface area contributed by atoms with E-state index >= 15 is 0 Å². The molecular formula is C20H25N3O5. The van der Waals surface area contributed by atoms with Crippen LogP contribution in [0.25, 0.3) is 0 Å². The number of likely N-dealkylation sites (N-methyl/N-ethyl adjacent to an activating group) is 1. The topological polar surface area (TPSA) is 103 Å². The zero-order valence-electron chi connectivity index (χ0n) is 16.4. The van der Waals surface area contributed by atoms with Crippen LogP contribution in [-0.4, -0.2) is 51.6 Å². The normalized spacial score (nSPS) is 10.5. The smallest absolute Gasteiger partial charge is 0.248 e. The van der Waals surface area contributed by atoms with E-state index in [1.165, 1.54) is 0 Å². The van der Waals surface area contributed by atoms with E-state index in [0.29, 0.717) is 35.0 Å². The van der Waals surface area contributed by atoms with E-state index < -0.39 is 5.91 Å². The van der Waals surface area contributed by atoms with Gasteiger partial charge in [-0.3, -0.25) is 14.5 Å². The van der Waals surface area contributed by atoms with Gasteiger partial charge in [0.1, 0.15) is 0 Å². The molecule has 8 nitrogen and oxygen atoms in total. The van der Waals surface area contributed by atoms with Crippen molar-refractivity contribution < 1.29 is 23.8 Å². The van der Waals surface area contributed by atoms with Gasteiger partial charge in [0.2, 0.25) is 17.6 Å². The van der Waals surface area contributed by atoms with Crippen LogP contribution in [-0.2, 0) is 11.3 Å². The van der Waals surface area contributed by atoms with Gasteiger partial charge in [0.15, 0.2) is 11.5 Å². The van der Waals surface area contributed by atoms with Crippen molar-refractivity contribution >= 4 is 17.5 Å². The van der Waals surface area contributed by atoms with E-state index in [2.05, 4.69) is 5.32 Å². The molecular weight excluding hydrogens is 362 g/mol. The summed E-state index contributed by atoms with van der Waals surface area (Å²) in [5.41, 5.74) is 7.04. The minimum atomic E-state index is -0.513. The molecule has 0 unspecified atom stereocenters. The number of nitrogens with one attached hydrogen (secondary N) is 1. The third-order valence-electron chi connectivity index (χ3n) is 4.09. The van der Waals surface area contributed by atoms with Gasteiger partial charge in [0.05, 0.1) is 27.9 Å². The van der Waals surface area contributed by atoms with Crippen LogP contribution in [0.4, 0.5) is 5.69 Å². The highest BCUT2D eigenvalue weighted by atomic mass is 16.5. The summed E-state index contributed by atoms with van der Waals surface area (Å²) in [6.45, 7) is 0.632. The predicted octanol–water partition coefficient (Wildman–Crippen LogP) is 1.88. The quantitative estimate of drug-likeness (QED) is 0.681. The van der Waals surface area contributed by atoms with E-state index in [4.69, 9.17) is 19.9 Å². The number of ether oxygens (including phenoxy) is 3. The van der Waals surface area contributed by atoms with Crippen LogP contribution in [0.2, 0.25) is 0 Å². The average Bonchev–Trinajstić information content (AvgIpc) is 2.67. The first kappa shape index (κ1) is 21.0.